The van der Waals surface area contributed by atoms with Crippen molar-refractivity contribution in [1.82, 2.24) is 19.6 Å². The van der Waals surface area contributed by atoms with Gasteiger partial charge in [-0.05, 0) is 0 Å². The number of nitrogens with zero attached hydrogens (tertiary/aromatic N) is 4. The van der Waals surface area contributed by atoms with Gasteiger partial charge in [0.2, 0.25) is 0 Å². The van der Waals surface area contributed by atoms with Gasteiger partial charge in [-0.2, -0.15) is 0 Å². The van der Waals surface area contributed by atoms with Gasteiger partial charge >= 0.3 is 6.03 Å². The van der Waals surface area contributed by atoms with Crippen LogP contribution in [0.4, 0.5) is 4.79 Å². The fraction of sp³-hybridized carbons (Fsp3) is 0.909. The van der Waals surface area contributed by atoms with Gasteiger partial charge in [0, 0.05) is 52.4 Å². The maximum atomic E-state index is 12.4. The van der Waals surface area contributed by atoms with E-state index in [4.69, 9.17) is 9.11 Å². The monoisotopic (exact) mass is 354 g/mol. The third-order valence-corrected chi connectivity index (χ3v) is 5.04. The number of amides is 2. The molecule has 9 nitrogen and oxygen atoms in total. The minimum absolute atomic E-state index is 0.0189. The number of carbonyl (C=O) groups excluding carboxylic acids is 1. The van der Waals surface area contributed by atoms with Crippen LogP contribution in [0.5, 0.6) is 0 Å². The zero-order valence-electron chi connectivity index (χ0n) is 12.3. The quantitative estimate of drug-likeness (QED) is 0.605. The lowest BCUT2D eigenvalue weighted by atomic mass is 10.3. The summed E-state index contributed by atoms with van der Waals surface area (Å²) in [7, 11) is 0. The summed E-state index contributed by atoms with van der Waals surface area (Å²) in [4.78, 5) is 19.7. The second-order valence-electron chi connectivity index (χ2n) is 5.39. The van der Waals surface area contributed by atoms with E-state index in [-0.39, 0.29) is 17.8 Å². The third-order valence-electron chi connectivity index (χ3n) is 3.87. The molecule has 2 amide bonds. The van der Waals surface area contributed by atoms with E-state index in [0.717, 1.165) is 0 Å². The molecule has 128 valence electrons. The van der Waals surface area contributed by atoms with Gasteiger partial charge in [0.25, 0.3) is 0 Å². The Kier molecular flexibility index (Phi) is 6.71. The van der Waals surface area contributed by atoms with E-state index in [1.807, 2.05) is 9.80 Å². The second kappa shape index (κ2) is 8.31. The molecule has 0 saturated carbocycles. The van der Waals surface area contributed by atoms with Crippen molar-refractivity contribution in [3.63, 3.8) is 0 Å². The summed E-state index contributed by atoms with van der Waals surface area (Å²) in [5.74, 6) is 0.248. The predicted octanol–water partition coefficient (Wildman–Crippen LogP) is -1.30. The van der Waals surface area contributed by atoms with Crippen LogP contribution in [-0.4, -0.2) is 107 Å². The number of hydrogen-bond donors (Lipinski definition) is 2. The number of piperazine rings is 2. The highest BCUT2D eigenvalue weighted by atomic mass is 32.2. The molecule has 2 N–H and O–H groups in total. The van der Waals surface area contributed by atoms with Gasteiger partial charge in [-0.3, -0.25) is 9.80 Å². The van der Waals surface area contributed by atoms with E-state index >= 15 is 0 Å². The molecule has 2 heterocycles. The molecule has 2 fully saturated rings. The van der Waals surface area contributed by atoms with Crippen LogP contribution < -0.4 is 0 Å². The first-order valence-electron chi connectivity index (χ1n) is 7.09. The van der Waals surface area contributed by atoms with Crippen molar-refractivity contribution in [3.8, 4) is 0 Å². The maximum absolute atomic E-state index is 12.4. The van der Waals surface area contributed by atoms with Gasteiger partial charge in [-0.15, -0.1) is 0 Å². The lowest BCUT2D eigenvalue weighted by Gasteiger charge is -2.40. The van der Waals surface area contributed by atoms with Crippen LogP contribution in [0.15, 0.2) is 0 Å². The molecule has 2 aliphatic rings. The van der Waals surface area contributed by atoms with Crippen molar-refractivity contribution in [3.05, 3.63) is 0 Å². The van der Waals surface area contributed by atoms with Gasteiger partial charge in [-0.25, -0.2) is 13.2 Å². The van der Waals surface area contributed by atoms with Crippen LogP contribution in [0, 0.1) is 0 Å². The average Bonchev–Trinajstić information content (AvgIpc) is 2.47. The van der Waals surface area contributed by atoms with Crippen molar-refractivity contribution in [2.75, 3.05) is 64.1 Å². The van der Waals surface area contributed by atoms with E-state index in [9.17, 15) is 13.2 Å². The highest BCUT2D eigenvalue weighted by molar-refractivity contribution is 7.79. The number of rotatable bonds is 4. The van der Waals surface area contributed by atoms with Crippen LogP contribution in [0.25, 0.3) is 0 Å². The first-order valence-corrected chi connectivity index (χ1v) is 9.64. The fourth-order valence-electron chi connectivity index (χ4n) is 2.65. The lowest BCUT2D eigenvalue weighted by Crippen LogP contribution is -2.57. The maximum Gasteiger partial charge on any atom is 0.320 e. The summed E-state index contributed by atoms with van der Waals surface area (Å²) in [5, 5.41) is 0. The van der Waals surface area contributed by atoms with Crippen LogP contribution in [0.1, 0.15) is 0 Å². The Bertz CT molecular complexity index is 398. The Hall–Kier alpha value is -0.590. The number of urea groups is 1. The number of carbonyl (C=O) groups is 1. The Balaban J connectivity index is 1.74. The molecule has 0 aromatic carbocycles. The first kappa shape index (κ1) is 17.8. The van der Waals surface area contributed by atoms with Gasteiger partial charge in [0.05, 0.1) is 0 Å². The summed E-state index contributed by atoms with van der Waals surface area (Å²) in [6.07, 6.45) is 0. The largest absolute Gasteiger partial charge is 0.322 e. The molecule has 2 saturated heterocycles. The molecule has 0 bridgehead atoms. The minimum atomic E-state index is -1.84. The molecule has 22 heavy (non-hydrogen) atoms. The summed E-state index contributed by atoms with van der Waals surface area (Å²) in [6.45, 7) is 4.60. The summed E-state index contributed by atoms with van der Waals surface area (Å²) >= 11 is -3.67. The topological polar surface area (TPSA) is 105 Å². The van der Waals surface area contributed by atoms with Crippen molar-refractivity contribution in [1.29, 1.82) is 0 Å². The molecular weight excluding hydrogens is 332 g/mol. The Morgan fingerprint density at radius 1 is 0.727 bits per heavy atom. The minimum Gasteiger partial charge on any atom is -0.322 e. The average molecular weight is 354 g/mol. The fourth-order valence-corrected chi connectivity index (χ4v) is 3.79. The Labute approximate surface area is 134 Å². The van der Waals surface area contributed by atoms with Crippen LogP contribution in [0.2, 0.25) is 0 Å². The van der Waals surface area contributed by atoms with E-state index in [1.54, 1.807) is 9.80 Å². The van der Waals surface area contributed by atoms with Crippen molar-refractivity contribution < 1.29 is 22.3 Å². The Morgan fingerprint density at radius 3 is 1.32 bits per heavy atom. The second-order valence-corrected chi connectivity index (χ2v) is 7.20. The highest BCUT2D eigenvalue weighted by Crippen LogP contribution is 2.09. The molecule has 0 radical (unpaired) electrons. The van der Waals surface area contributed by atoms with Crippen LogP contribution in [0.3, 0.4) is 0 Å². The molecule has 2 atom stereocenters. The molecule has 2 unspecified atom stereocenters. The Morgan fingerprint density at radius 2 is 1.05 bits per heavy atom. The van der Waals surface area contributed by atoms with Crippen molar-refractivity contribution >= 4 is 28.2 Å². The zero-order chi connectivity index (χ0) is 16.1. The molecule has 0 aromatic heterocycles. The van der Waals surface area contributed by atoms with E-state index < -0.39 is 22.2 Å². The molecule has 2 aliphatic heterocycles. The normalized spacial score (nSPS) is 24.3. The summed E-state index contributed by atoms with van der Waals surface area (Å²) in [5.41, 5.74) is 0. The van der Waals surface area contributed by atoms with Gasteiger partial charge < -0.3 is 18.9 Å². The molecule has 11 heteroatoms. The van der Waals surface area contributed by atoms with E-state index in [2.05, 4.69) is 0 Å². The van der Waals surface area contributed by atoms with Crippen molar-refractivity contribution in [2.24, 2.45) is 0 Å². The standard InChI is InChI=1S/C11H22N4O5S2/c16-11(14-5-1-12(2-6-14)9-21(17)18)15-7-3-13(4-8-15)10-22(19)20/h1-10H2,(H,17,18)(H,19,20). The van der Waals surface area contributed by atoms with Crippen LogP contribution in [-0.2, 0) is 22.2 Å². The molecule has 0 spiro atoms. The number of hydrogen-bond acceptors (Lipinski definition) is 5. The summed E-state index contributed by atoms with van der Waals surface area (Å²) < 4.78 is 39.3. The third kappa shape index (κ3) is 5.25. The van der Waals surface area contributed by atoms with E-state index in [0.29, 0.717) is 52.4 Å². The van der Waals surface area contributed by atoms with Crippen molar-refractivity contribution in [2.45, 2.75) is 0 Å². The molecular formula is C11H22N4O5S2. The first-order chi connectivity index (χ1) is 10.5. The van der Waals surface area contributed by atoms with Gasteiger partial charge in [-0.1, -0.05) is 0 Å². The van der Waals surface area contributed by atoms with E-state index in [1.165, 1.54) is 0 Å². The SMILES string of the molecule is O=C(N1CCN(CS(=O)O)CC1)N1CCN(CS(=O)O)CC1. The van der Waals surface area contributed by atoms with Crippen LogP contribution >= 0.6 is 0 Å². The summed E-state index contributed by atoms with van der Waals surface area (Å²) in [6, 6.07) is -0.0189. The molecule has 2 rings (SSSR count). The lowest BCUT2D eigenvalue weighted by molar-refractivity contribution is 0.0985. The highest BCUT2D eigenvalue weighted by Gasteiger charge is 2.28. The van der Waals surface area contributed by atoms with Gasteiger partial charge in [0.1, 0.15) is 11.8 Å². The zero-order valence-corrected chi connectivity index (χ0v) is 13.9. The molecule has 0 aromatic rings. The predicted molar refractivity (Wildman–Crippen MR) is 83.0 cm³/mol. The molecule has 0 aliphatic carbocycles. The smallest absolute Gasteiger partial charge is 0.320 e. The van der Waals surface area contributed by atoms with Gasteiger partial charge in [0.15, 0.2) is 22.2 Å².